The Labute approximate surface area is 121 Å². The van der Waals surface area contributed by atoms with E-state index in [-0.39, 0.29) is 11.6 Å². The van der Waals surface area contributed by atoms with Gasteiger partial charge >= 0.3 is 0 Å². The molecule has 114 valence electrons. The lowest BCUT2D eigenvalue weighted by Crippen LogP contribution is -2.31. The first-order valence-electron chi connectivity index (χ1n) is 6.71. The zero-order valence-electron chi connectivity index (χ0n) is 13.0. The monoisotopic (exact) mass is 282 g/mol. The van der Waals surface area contributed by atoms with Crippen LogP contribution in [-0.2, 0) is 4.74 Å². The largest absolute Gasteiger partial charge is 0.496 e. The molecule has 1 aromatic rings. The molecule has 0 amide bonds. The van der Waals surface area contributed by atoms with Gasteiger partial charge in [0, 0.05) is 7.11 Å². The summed E-state index contributed by atoms with van der Waals surface area (Å²) in [5.74, 6) is 7.25. The molecule has 0 radical (unpaired) electrons. The van der Waals surface area contributed by atoms with Crippen LogP contribution in [0.2, 0.25) is 0 Å². The number of hydrogen-bond donors (Lipinski definition) is 2. The molecule has 0 aliphatic rings. The molecule has 0 aliphatic heterocycles. The van der Waals surface area contributed by atoms with Gasteiger partial charge in [-0.05, 0) is 38.8 Å². The van der Waals surface area contributed by atoms with Gasteiger partial charge in [0.25, 0.3) is 0 Å². The summed E-state index contributed by atoms with van der Waals surface area (Å²) in [5, 5.41) is 0. The van der Waals surface area contributed by atoms with Crippen molar-refractivity contribution in [3.8, 4) is 11.5 Å². The zero-order chi connectivity index (χ0) is 15.2. The molecule has 1 rings (SSSR count). The van der Waals surface area contributed by atoms with Crippen molar-refractivity contribution in [2.75, 3.05) is 21.3 Å². The lowest BCUT2D eigenvalue weighted by molar-refractivity contribution is 0.0115. The lowest BCUT2D eigenvalue weighted by Gasteiger charge is -2.27. The van der Waals surface area contributed by atoms with Gasteiger partial charge in [0.05, 0.1) is 31.4 Å². The van der Waals surface area contributed by atoms with Crippen molar-refractivity contribution in [2.45, 2.75) is 38.3 Å². The minimum absolute atomic E-state index is 0.0597. The Morgan fingerprint density at radius 1 is 1.15 bits per heavy atom. The van der Waals surface area contributed by atoms with Crippen molar-refractivity contribution < 1.29 is 14.2 Å². The van der Waals surface area contributed by atoms with E-state index in [1.165, 1.54) is 0 Å². The van der Waals surface area contributed by atoms with Gasteiger partial charge in [0.15, 0.2) is 0 Å². The molecule has 1 atom stereocenters. The highest BCUT2D eigenvalue weighted by Crippen LogP contribution is 2.36. The Hall–Kier alpha value is -1.30. The van der Waals surface area contributed by atoms with Crippen molar-refractivity contribution in [3.63, 3.8) is 0 Å². The highest BCUT2D eigenvalue weighted by Gasteiger charge is 2.24. The van der Waals surface area contributed by atoms with E-state index in [9.17, 15) is 0 Å². The summed E-state index contributed by atoms with van der Waals surface area (Å²) in [6.07, 6.45) is 1.67. The predicted octanol–water partition coefficient (Wildman–Crippen LogP) is 2.41. The van der Waals surface area contributed by atoms with Crippen LogP contribution in [0.15, 0.2) is 18.2 Å². The predicted molar refractivity (Wildman–Crippen MR) is 79.9 cm³/mol. The molecule has 20 heavy (non-hydrogen) atoms. The Bertz CT molecular complexity index is 399. The molecule has 0 aliphatic carbocycles. The SMILES string of the molecule is COc1cccc(OC)c1C(CCC(C)(C)OC)NN. The van der Waals surface area contributed by atoms with Gasteiger partial charge in [0.2, 0.25) is 0 Å². The van der Waals surface area contributed by atoms with Crippen LogP contribution < -0.4 is 20.7 Å². The van der Waals surface area contributed by atoms with Crippen LogP contribution in [0.5, 0.6) is 11.5 Å². The standard InChI is InChI=1S/C15H26N2O3/c1-15(2,20-5)10-9-11(17-16)14-12(18-3)7-6-8-13(14)19-4/h6-8,11,17H,9-10,16H2,1-5H3. The average molecular weight is 282 g/mol. The van der Waals surface area contributed by atoms with Crippen molar-refractivity contribution in [3.05, 3.63) is 23.8 Å². The molecule has 5 heteroatoms. The average Bonchev–Trinajstić information content (AvgIpc) is 2.47. The summed E-state index contributed by atoms with van der Waals surface area (Å²) >= 11 is 0. The number of nitrogens with two attached hydrogens (primary N) is 1. The summed E-state index contributed by atoms with van der Waals surface area (Å²) in [4.78, 5) is 0. The van der Waals surface area contributed by atoms with Gasteiger partial charge < -0.3 is 14.2 Å². The van der Waals surface area contributed by atoms with E-state index in [1.54, 1.807) is 21.3 Å². The maximum atomic E-state index is 5.72. The molecule has 1 aromatic carbocycles. The first-order chi connectivity index (χ1) is 9.49. The molecule has 5 nitrogen and oxygen atoms in total. The lowest BCUT2D eigenvalue weighted by atomic mass is 9.94. The molecular formula is C15H26N2O3. The Morgan fingerprint density at radius 2 is 1.70 bits per heavy atom. The topological polar surface area (TPSA) is 65.7 Å². The molecule has 3 N–H and O–H groups in total. The van der Waals surface area contributed by atoms with E-state index in [1.807, 2.05) is 18.2 Å². The highest BCUT2D eigenvalue weighted by molar-refractivity contribution is 5.46. The van der Waals surface area contributed by atoms with Crippen molar-refractivity contribution in [1.82, 2.24) is 5.43 Å². The van der Waals surface area contributed by atoms with E-state index in [0.717, 1.165) is 29.9 Å². The van der Waals surface area contributed by atoms with E-state index >= 15 is 0 Å². The molecule has 0 aromatic heterocycles. The molecule has 0 saturated heterocycles. The third-order valence-corrected chi connectivity index (χ3v) is 3.60. The molecule has 0 bridgehead atoms. The fourth-order valence-corrected chi connectivity index (χ4v) is 2.13. The third kappa shape index (κ3) is 4.10. The summed E-state index contributed by atoms with van der Waals surface area (Å²) in [5.41, 5.74) is 3.60. The van der Waals surface area contributed by atoms with Gasteiger partial charge in [-0.25, -0.2) is 0 Å². The molecular weight excluding hydrogens is 256 g/mol. The van der Waals surface area contributed by atoms with Crippen LogP contribution in [0.1, 0.15) is 38.3 Å². The van der Waals surface area contributed by atoms with Crippen LogP contribution in [-0.4, -0.2) is 26.9 Å². The van der Waals surface area contributed by atoms with Gasteiger partial charge in [-0.1, -0.05) is 6.07 Å². The second kappa shape index (κ2) is 7.47. The Kier molecular flexibility index (Phi) is 6.26. The summed E-state index contributed by atoms with van der Waals surface area (Å²) in [7, 11) is 5.00. The van der Waals surface area contributed by atoms with Crippen molar-refractivity contribution in [1.29, 1.82) is 0 Å². The van der Waals surface area contributed by atoms with E-state index < -0.39 is 0 Å². The molecule has 1 unspecified atom stereocenters. The molecule has 0 saturated carbocycles. The normalized spacial score (nSPS) is 13.1. The van der Waals surface area contributed by atoms with Gasteiger partial charge in [-0.3, -0.25) is 11.3 Å². The van der Waals surface area contributed by atoms with E-state index in [0.29, 0.717) is 0 Å². The second-order valence-electron chi connectivity index (χ2n) is 5.30. The van der Waals surface area contributed by atoms with E-state index in [2.05, 4.69) is 19.3 Å². The highest BCUT2D eigenvalue weighted by atomic mass is 16.5. The smallest absolute Gasteiger partial charge is 0.127 e. The molecule has 0 heterocycles. The summed E-state index contributed by atoms with van der Waals surface area (Å²) < 4.78 is 16.3. The Morgan fingerprint density at radius 3 is 2.10 bits per heavy atom. The molecule has 0 fully saturated rings. The number of hydrogen-bond acceptors (Lipinski definition) is 5. The maximum Gasteiger partial charge on any atom is 0.127 e. The number of methoxy groups -OCH3 is 3. The first-order valence-corrected chi connectivity index (χ1v) is 6.71. The third-order valence-electron chi connectivity index (χ3n) is 3.60. The number of rotatable bonds is 8. The van der Waals surface area contributed by atoms with Crippen molar-refractivity contribution in [2.24, 2.45) is 5.84 Å². The number of benzene rings is 1. The number of ether oxygens (including phenoxy) is 3. The maximum absolute atomic E-state index is 5.72. The minimum atomic E-state index is -0.190. The van der Waals surface area contributed by atoms with E-state index in [4.69, 9.17) is 20.1 Å². The van der Waals surface area contributed by atoms with Crippen LogP contribution in [0.4, 0.5) is 0 Å². The van der Waals surface area contributed by atoms with Crippen LogP contribution in [0, 0.1) is 0 Å². The number of hydrazine groups is 1. The zero-order valence-corrected chi connectivity index (χ0v) is 13.0. The van der Waals surface area contributed by atoms with Gasteiger partial charge in [-0.2, -0.15) is 0 Å². The second-order valence-corrected chi connectivity index (χ2v) is 5.30. The Balaban J connectivity index is 2.99. The molecule has 0 spiro atoms. The quantitative estimate of drug-likeness (QED) is 0.566. The van der Waals surface area contributed by atoms with Gasteiger partial charge in [-0.15, -0.1) is 0 Å². The first kappa shape index (κ1) is 16.8. The van der Waals surface area contributed by atoms with Crippen LogP contribution in [0.25, 0.3) is 0 Å². The summed E-state index contributed by atoms with van der Waals surface area (Å²) in [6, 6.07) is 5.65. The minimum Gasteiger partial charge on any atom is -0.496 e. The van der Waals surface area contributed by atoms with Crippen LogP contribution >= 0.6 is 0 Å². The van der Waals surface area contributed by atoms with Crippen LogP contribution in [0.3, 0.4) is 0 Å². The fourth-order valence-electron chi connectivity index (χ4n) is 2.13. The van der Waals surface area contributed by atoms with Gasteiger partial charge in [0.1, 0.15) is 11.5 Å². The number of nitrogens with one attached hydrogen (secondary N) is 1. The van der Waals surface area contributed by atoms with Crippen molar-refractivity contribution >= 4 is 0 Å². The fraction of sp³-hybridized carbons (Fsp3) is 0.600. The summed E-state index contributed by atoms with van der Waals surface area (Å²) in [6.45, 7) is 4.11.